The molecule has 1 N–H and O–H groups in total. The summed E-state index contributed by atoms with van der Waals surface area (Å²) >= 11 is 0. The van der Waals surface area contributed by atoms with Gasteiger partial charge < -0.3 is 5.32 Å². The van der Waals surface area contributed by atoms with Crippen molar-refractivity contribution in [1.29, 1.82) is 0 Å². The number of hydrogen-bond donors (Lipinski definition) is 1. The lowest BCUT2D eigenvalue weighted by Crippen LogP contribution is -2.31. The zero-order valence-electron chi connectivity index (χ0n) is 12.7. The van der Waals surface area contributed by atoms with E-state index in [1.807, 2.05) is 0 Å². The third kappa shape index (κ3) is 5.22. The van der Waals surface area contributed by atoms with Crippen LogP contribution in [0.25, 0.3) is 0 Å². The van der Waals surface area contributed by atoms with Crippen LogP contribution in [-0.2, 0) is 6.42 Å². The van der Waals surface area contributed by atoms with Crippen molar-refractivity contribution in [3.05, 3.63) is 35.4 Å². The summed E-state index contributed by atoms with van der Waals surface area (Å²) in [5.74, 6) is 1.40. The van der Waals surface area contributed by atoms with Crippen LogP contribution in [0.1, 0.15) is 58.1 Å². The first-order chi connectivity index (χ1) is 8.52. The summed E-state index contributed by atoms with van der Waals surface area (Å²) in [5.41, 5.74) is 2.90. The second kappa shape index (κ2) is 7.58. The minimum absolute atomic E-state index is 0.557. The van der Waals surface area contributed by atoms with Crippen molar-refractivity contribution >= 4 is 0 Å². The molecule has 1 heteroatoms. The van der Waals surface area contributed by atoms with Gasteiger partial charge in [0, 0.05) is 6.04 Å². The Morgan fingerprint density at radius 1 is 1.00 bits per heavy atom. The maximum absolute atomic E-state index is 3.58. The first kappa shape index (κ1) is 15.2. The summed E-state index contributed by atoms with van der Waals surface area (Å²) in [6.45, 7) is 12.4. The highest BCUT2D eigenvalue weighted by atomic mass is 14.9. The van der Waals surface area contributed by atoms with Gasteiger partial charge in [0.2, 0.25) is 0 Å². The van der Waals surface area contributed by atoms with E-state index in [2.05, 4.69) is 64.2 Å². The fraction of sp³-hybridized carbons (Fsp3) is 0.647. The van der Waals surface area contributed by atoms with Crippen molar-refractivity contribution in [3.63, 3.8) is 0 Å². The lowest BCUT2D eigenvalue weighted by Gasteiger charge is -2.16. The van der Waals surface area contributed by atoms with E-state index in [9.17, 15) is 0 Å². The molecule has 0 heterocycles. The van der Waals surface area contributed by atoms with E-state index in [0.717, 1.165) is 18.9 Å². The van der Waals surface area contributed by atoms with Gasteiger partial charge in [-0.2, -0.15) is 0 Å². The Hall–Kier alpha value is -0.820. The summed E-state index contributed by atoms with van der Waals surface area (Å²) in [6, 6.07) is 9.71. The van der Waals surface area contributed by atoms with E-state index in [1.54, 1.807) is 0 Å². The summed E-state index contributed by atoms with van der Waals surface area (Å²) in [7, 11) is 0. The number of nitrogens with one attached hydrogen (secondary N) is 1. The molecule has 0 aliphatic heterocycles. The molecule has 1 nitrogen and oxygen atoms in total. The Kier molecular flexibility index (Phi) is 6.42. The quantitative estimate of drug-likeness (QED) is 0.754. The van der Waals surface area contributed by atoms with E-state index in [4.69, 9.17) is 0 Å². The van der Waals surface area contributed by atoms with Gasteiger partial charge in [0.05, 0.1) is 0 Å². The predicted molar refractivity (Wildman–Crippen MR) is 81.2 cm³/mol. The van der Waals surface area contributed by atoms with Gasteiger partial charge in [0.15, 0.2) is 0 Å². The molecular weight excluding hydrogens is 218 g/mol. The van der Waals surface area contributed by atoms with E-state index in [-0.39, 0.29) is 0 Å². The highest BCUT2D eigenvalue weighted by molar-refractivity contribution is 5.25. The maximum Gasteiger partial charge on any atom is 0.00792 e. The SMILES string of the molecule is CCC(C)c1ccc(CC(C)NCC(C)C)cc1. The number of benzene rings is 1. The molecule has 0 aliphatic rings. The van der Waals surface area contributed by atoms with Crippen LogP contribution in [0, 0.1) is 5.92 Å². The minimum atomic E-state index is 0.557. The standard InChI is InChI=1S/C17H29N/c1-6-14(4)17-9-7-16(8-10-17)11-15(5)18-12-13(2)3/h7-10,13-15,18H,6,11-12H2,1-5H3. The van der Waals surface area contributed by atoms with Crippen LogP contribution in [0.3, 0.4) is 0 Å². The Labute approximate surface area is 113 Å². The van der Waals surface area contributed by atoms with E-state index < -0.39 is 0 Å². The molecule has 2 unspecified atom stereocenters. The molecule has 0 saturated carbocycles. The average Bonchev–Trinajstić information content (AvgIpc) is 2.36. The summed E-state index contributed by atoms with van der Waals surface area (Å²) in [5, 5.41) is 3.58. The van der Waals surface area contributed by atoms with Gasteiger partial charge in [0.25, 0.3) is 0 Å². The Morgan fingerprint density at radius 2 is 1.61 bits per heavy atom. The molecule has 0 bridgehead atoms. The molecule has 0 spiro atoms. The molecule has 102 valence electrons. The van der Waals surface area contributed by atoms with Crippen molar-refractivity contribution in [2.24, 2.45) is 5.92 Å². The zero-order chi connectivity index (χ0) is 13.5. The van der Waals surface area contributed by atoms with Crippen molar-refractivity contribution in [2.75, 3.05) is 6.54 Å². The van der Waals surface area contributed by atoms with Crippen LogP contribution in [0.2, 0.25) is 0 Å². The molecule has 1 rings (SSSR count). The first-order valence-corrected chi connectivity index (χ1v) is 7.35. The van der Waals surface area contributed by atoms with Crippen LogP contribution in [-0.4, -0.2) is 12.6 Å². The molecule has 18 heavy (non-hydrogen) atoms. The molecule has 0 radical (unpaired) electrons. The van der Waals surface area contributed by atoms with Crippen molar-refractivity contribution in [2.45, 2.75) is 59.4 Å². The largest absolute Gasteiger partial charge is 0.314 e. The van der Waals surface area contributed by atoms with Gasteiger partial charge >= 0.3 is 0 Å². The highest BCUT2D eigenvalue weighted by Gasteiger charge is 2.06. The van der Waals surface area contributed by atoms with Gasteiger partial charge in [-0.05, 0) is 49.3 Å². The first-order valence-electron chi connectivity index (χ1n) is 7.35. The number of rotatable bonds is 7. The zero-order valence-corrected chi connectivity index (χ0v) is 12.7. The van der Waals surface area contributed by atoms with Gasteiger partial charge in [0.1, 0.15) is 0 Å². The Bertz CT molecular complexity index is 326. The van der Waals surface area contributed by atoms with Gasteiger partial charge in [-0.25, -0.2) is 0 Å². The molecule has 0 saturated heterocycles. The average molecular weight is 247 g/mol. The van der Waals surface area contributed by atoms with E-state index in [0.29, 0.717) is 12.0 Å². The molecule has 0 amide bonds. The second-order valence-electron chi connectivity index (χ2n) is 5.96. The molecule has 0 aromatic heterocycles. The third-order valence-corrected chi connectivity index (χ3v) is 3.58. The topological polar surface area (TPSA) is 12.0 Å². The molecule has 0 aliphatic carbocycles. The lowest BCUT2D eigenvalue weighted by molar-refractivity contribution is 0.482. The van der Waals surface area contributed by atoms with Gasteiger partial charge in [-0.3, -0.25) is 0 Å². The van der Waals surface area contributed by atoms with Crippen LogP contribution in [0.5, 0.6) is 0 Å². The van der Waals surface area contributed by atoms with Crippen molar-refractivity contribution in [3.8, 4) is 0 Å². The monoisotopic (exact) mass is 247 g/mol. The Balaban J connectivity index is 2.48. The minimum Gasteiger partial charge on any atom is -0.314 e. The Morgan fingerprint density at radius 3 is 2.11 bits per heavy atom. The molecular formula is C17H29N. The van der Waals surface area contributed by atoms with Crippen LogP contribution >= 0.6 is 0 Å². The second-order valence-corrected chi connectivity index (χ2v) is 5.96. The van der Waals surface area contributed by atoms with Crippen LogP contribution in [0.4, 0.5) is 0 Å². The summed E-state index contributed by atoms with van der Waals surface area (Å²) in [4.78, 5) is 0. The number of hydrogen-bond acceptors (Lipinski definition) is 1. The van der Waals surface area contributed by atoms with E-state index >= 15 is 0 Å². The molecule has 1 aromatic carbocycles. The highest BCUT2D eigenvalue weighted by Crippen LogP contribution is 2.19. The van der Waals surface area contributed by atoms with Crippen LogP contribution < -0.4 is 5.32 Å². The normalized spacial score (nSPS) is 14.8. The van der Waals surface area contributed by atoms with Gasteiger partial charge in [-0.15, -0.1) is 0 Å². The lowest BCUT2D eigenvalue weighted by atomic mass is 9.96. The summed E-state index contributed by atoms with van der Waals surface area (Å²) in [6.07, 6.45) is 2.33. The third-order valence-electron chi connectivity index (χ3n) is 3.58. The molecule has 0 fully saturated rings. The fourth-order valence-electron chi connectivity index (χ4n) is 2.08. The van der Waals surface area contributed by atoms with Crippen LogP contribution in [0.15, 0.2) is 24.3 Å². The maximum atomic E-state index is 3.58. The van der Waals surface area contributed by atoms with E-state index in [1.165, 1.54) is 17.5 Å². The smallest absolute Gasteiger partial charge is 0.00792 e. The van der Waals surface area contributed by atoms with Gasteiger partial charge in [-0.1, -0.05) is 52.0 Å². The summed E-state index contributed by atoms with van der Waals surface area (Å²) < 4.78 is 0. The molecule has 1 aromatic rings. The fourth-order valence-corrected chi connectivity index (χ4v) is 2.08. The van der Waals surface area contributed by atoms with Crippen molar-refractivity contribution in [1.82, 2.24) is 5.32 Å². The predicted octanol–water partition coefficient (Wildman–Crippen LogP) is 4.38. The van der Waals surface area contributed by atoms with Crippen molar-refractivity contribution < 1.29 is 0 Å². The molecule has 2 atom stereocenters.